The molecule has 0 atom stereocenters. The second kappa shape index (κ2) is 7.60. The number of hydrogen-bond acceptors (Lipinski definition) is 3. The molecule has 0 aliphatic carbocycles. The molecule has 2 aromatic heterocycles. The molecule has 0 aliphatic rings. The van der Waals surface area contributed by atoms with Gasteiger partial charge < -0.3 is 5.32 Å². The number of carbonyl (C=O) groups excluding carboxylic acids is 1. The number of carbonyl (C=O) groups is 1. The molecule has 5 nitrogen and oxygen atoms in total. The third-order valence-electron chi connectivity index (χ3n) is 4.32. The smallest absolute Gasteiger partial charge is 0.253 e. The van der Waals surface area contributed by atoms with Crippen molar-refractivity contribution in [1.82, 2.24) is 20.1 Å². The molecule has 2 heterocycles. The van der Waals surface area contributed by atoms with Crippen molar-refractivity contribution >= 4 is 28.4 Å². The van der Waals surface area contributed by atoms with E-state index in [2.05, 4.69) is 22.4 Å². The number of halogens is 1. The van der Waals surface area contributed by atoms with Crippen LogP contribution >= 0.6 is 11.6 Å². The highest BCUT2D eigenvalue weighted by molar-refractivity contribution is 6.29. The van der Waals surface area contributed by atoms with Gasteiger partial charge in [-0.25, -0.2) is 4.98 Å². The van der Waals surface area contributed by atoms with Gasteiger partial charge in [0.25, 0.3) is 5.91 Å². The summed E-state index contributed by atoms with van der Waals surface area (Å²) >= 11 is 5.77. The Morgan fingerprint density at radius 2 is 1.78 bits per heavy atom. The number of nitrogens with zero attached hydrogens (tertiary/aromatic N) is 3. The summed E-state index contributed by atoms with van der Waals surface area (Å²) in [6, 6.07) is 21.5. The molecule has 0 bridgehead atoms. The Balaban J connectivity index is 1.56. The zero-order chi connectivity index (χ0) is 18.6. The molecular formula is C21H17ClN4O. The molecule has 2 aromatic carbocycles. The summed E-state index contributed by atoms with van der Waals surface area (Å²) in [7, 11) is 0. The molecule has 0 aliphatic heterocycles. The van der Waals surface area contributed by atoms with Crippen molar-refractivity contribution < 1.29 is 4.79 Å². The average molecular weight is 377 g/mol. The second-order valence-corrected chi connectivity index (χ2v) is 6.55. The van der Waals surface area contributed by atoms with E-state index < -0.39 is 0 Å². The van der Waals surface area contributed by atoms with E-state index in [1.165, 1.54) is 11.8 Å². The van der Waals surface area contributed by atoms with Crippen LogP contribution in [0.4, 0.5) is 0 Å². The minimum atomic E-state index is -0.208. The number of para-hydroxylation sites is 1. The van der Waals surface area contributed by atoms with Gasteiger partial charge in [-0.15, -0.1) is 0 Å². The summed E-state index contributed by atoms with van der Waals surface area (Å²) in [5.41, 5.74) is 3.51. The normalized spacial score (nSPS) is 10.9. The molecule has 134 valence electrons. The SMILES string of the molecule is O=C(NCc1nn(Cc2ccccc2)c2ccccc12)c1ccc(Cl)nc1. The third kappa shape index (κ3) is 3.83. The minimum Gasteiger partial charge on any atom is -0.346 e. The van der Waals surface area contributed by atoms with Crippen LogP contribution in [-0.2, 0) is 13.1 Å². The number of rotatable bonds is 5. The van der Waals surface area contributed by atoms with Gasteiger partial charge in [0, 0.05) is 11.6 Å². The maximum Gasteiger partial charge on any atom is 0.253 e. The van der Waals surface area contributed by atoms with Crippen molar-refractivity contribution in [3.05, 3.63) is 94.9 Å². The lowest BCUT2D eigenvalue weighted by Gasteiger charge is -2.04. The lowest BCUT2D eigenvalue weighted by atomic mass is 10.2. The largest absolute Gasteiger partial charge is 0.346 e. The predicted molar refractivity (Wildman–Crippen MR) is 106 cm³/mol. The van der Waals surface area contributed by atoms with Gasteiger partial charge in [-0.1, -0.05) is 60.1 Å². The van der Waals surface area contributed by atoms with Crippen LogP contribution in [0.1, 0.15) is 21.6 Å². The lowest BCUT2D eigenvalue weighted by Crippen LogP contribution is -2.23. The fourth-order valence-electron chi connectivity index (χ4n) is 2.98. The van der Waals surface area contributed by atoms with E-state index in [1.54, 1.807) is 12.1 Å². The maximum absolute atomic E-state index is 12.3. The minimum absolute atomic E-state index is 0.208. The number of fused-ring (bicyclic) bond motifs is 1. The summed E-state index contributed by atoms with van der Waals surface area (Å²) < 4.78 is 1.97. The predicted octanol–water partition coefficient (Wildman–Crippen LogP) is 4.06. The van der Waals surface area contributed by atoms with Crippen LogP contribution in [0.15, 0.2) is 72.9 Å². The van der Waals surface area contributed by atoms with Crippen LogP contribution in [0.2, 0.25) is 5.15 Å². The highest BCUT2D eigenvalue weighted by Crippen LogP contribution is 2.19. The average Bonchev–Trinajstić information content (AvgIpc) is 3.05. The number of hydrogen-bond donors (Lipinski definition) is 1. The van der Waals surface area contributed by atoms with Gasteiger partial charge in [0.1, 0.15) is 5.15 Å². The summed E-state index contributed by atoms with van der Waals surface area (Å²) in [4.78, 5) is 16.3. The summed E-state index contributed by atoms with van der Waals surface area (Å²) in [5.74, 6) is -0.208. The van der Waals surface area contributed by atoms with Gasteiger partial charge in [0.15, 0.2) is 0 Å². The molecule has 0 radical (unpaired) electrons. The highest BCUT2D eigenvalue weighted by atomic mass is 35.5. The molecule has 0 saturated carbocycles. The molecule has 27 heavy (non-hydrogen) atoms. The van der Waals surface area contributed by atoms with Gasteiger partial charge >= 0.3 is 0 Å². The molecule has 6 heteroatoms. The fraction of sp³-hybridized carbons (Fsp3) is 0.0952. The Hall–Kier alpha value is -3.18. The highest BCUT2D eigenvalue weighted by Gasteiger charge is 2.12. The van der Waals surface area contributed by atoms with E-state index in [0.717, 1.165) is 16.6 Å². The van der Waals surface area contributed by atoms with E-state index in [4.69, 9.17) is 16.7 Å². The van der Waals surface area contributed by atoms with E-state index in [1.807, 2.05) is 47.1 Å². The molecule has 4 rings (SSSR count). The van der Waals surface area contributed by atoms with E-state index in [9.17, 15) is 4.79 Å². The maximum atomic E-state index is 12.3. The van der Waals surface area contributed by atoms with Gasteiger partial charge in [-0.05, 0) is 23.8 Å². The van der Waals surface area contributed by atoms with Gasteiger partial charge in [-0.3, -0.25) is 9.48 Å². The number of pyridine rings is 1. The standard InChI is InChI=1S/C21H17ClN4O/c22-20-11-10-16(12-23-20)21(27)24-13-18-17-8-4-5-9-19(17)26(25-18)14-15-6-2-1-3-7-15/h1-12H,13-14H2,(H,24,27). The van der Waals surface area contributed by atoms with Crippen molar-refractivity contribution in [2.24, 2.45) is 0 Å². The van der Waals surface area contributed by atoms with E-state index in [0.29, 0.717) is 23.8 Å². The Labute approximate surface area is 161 Å². The van der Waals surface area contributed by atoms with Crippen LogP contribution in [-0.4, -0.2) is 20.7 Å². The molecule has 1 N–H and O–H groups in total. The zero-order valence-electron chi connectivity index (χ0n) is 14.5. The van der Waals surface area contributed by atoms with Crippen molar-refractivity contribution in [3.63, 3.8) is 0 Å². The van der Waals surface area contributed by atoms with Crippen molar-refractivity contribution in [2.75, 3.05) is 0 Å². The van der Waals surface area contributed by atoms with Crippen molar-refractivity contribution in [1.29, 1.82) is 0 Å². The van der Waals surface area contributed by atoms with E-state index >= 15 is 0 Å². The van der Waals surface area contributed by atoms with Gasteiger partial charge in [0.05, 0.1) is 29.9 Å². The first-order valence-corrected chi connectivity index (χ1v) is 8.96. The Bertz CT molecular complexity index is 1070. The number of aromatic nitrogens is 3. The third-order valence-corrected chi connectivity index (χ3v) is 4.54. The quantitative estimate of drug-likeness (QED) is 0.534. The van der Waals surface area contributed by atoms with Gasteiger partial charge in [-0.2, -0.15) is 5.10 Å². The molecule has 1 amide bonds. The monoisotopic (exact) mass is 376 g/mol. The zero-order valence-corrected chi connectivity index (χ0v) is 15.2. The van der Waals surface area contributed by atoms with Crippen molar-refractivity contribution in [3.8, 4) is 0 Å². The van der Waals surface area contributed by atoms with Crippen LogP contribution < -0.4 is 5.32 Å². The molecule has 0 spiro atoms. The van der Waals surface area contributed by atoms with Crippen LogP contribution in [0.3, 0.4) is 0 Å². The molecule has 0 fully saturated rings. The molecule has 0 saturated heterocycles. The van der Waals surface area contributed by atoms with Crippen LogP contribution in [0.25, 0.3) is 10.9 Å². The Morgan fingerprint density at radius 3 is 2.56 bits per heavy atom. The summed E-state index contributed by atoms with van der Waals surface area (Å²) in [5, 5.41) is 9.02. The lowest BCUT2D eigenvalue weighted by molar-refractivity contribution is 0.0950. The first-order valence-electron chi connectivity index (χ1n) is 8.59. The number of benzene rings is 2. The van der Waals surface area contributed by atoms with Crippen LogP contribution in [0.5, 0.6) is 0 Å². The molecule has 0 unspecified atom stereocenters. The summed E-state index contributed by atoms with van der Waals surface area (Å²) in [6.07, 6.45) is 1.46. The second-order valence-electron chi connectivity index (χ2n) is 6.16. The number of nitrogens with one attached hydrogen (secondary N) is 1. The van der Waals surface area contributed by atoms with Crippen LogP contribution in [0, 0.1) is 0 Å². The first kappa shape index (κ1) is 17.2. The fourth-order valence-corrected chi connectivity index (χ4v) is 3.09. The number of amides is 1. The summed E-state index contributed by atoms with van der Waals surface area (Å²) in [6.45, 7) is 1.01. The molecule has 4 aromatic rings. The first-order chi connectivity index (χ1) is 13.2. The Kier molecular flexibility index (Phi) is 4.85. The van der Waals surface area contributed by atoms with Gasteiger partial charge in [0.2, 0.25) is 0 Å². The van der Waals surface area contributed by atoms with E-state index in [-0.39, 0.29) is 5.91 Å². The van der Waals surface area contributed by atoms with Crippen molar-refractivity contribution in [2.45, 2.75) is 13.1 Å². The Morgan fingerprint density at radius 1 is 1.00 bits per heavy atom. The molecular weight excluding hydrogens is 360 g/mol. The topological polar surface area (TPSA) is 59.8 Å².